The lowest BCUT2D eigenvalue weighted by Crippen LogP contribution is -2.96. The van der Waals surface area contributed by atoms with Crippen LogP contribution in [0.1, 0.15) is 17.2 Å². The van der Waals surface area contributed by atoms with Crippen LogP contribution in [0.25, 0.3) is 0 Å². The molecule has 2 aromatic carbocycles. The highest BCUT2D eigenvalue weighted by atomic mass is 19.1. The second-order valence-electron chi connectivity index (χ2n) is 7.21. The second-order valence-corrected chi connectivity index (χ2v) is 7.21. The van der Waals surface area contributed by atoms with Crippen molar-refractivity contribution >= 4 is 17.8 Å². The van der Waals surface area contributed by atoms with Crippen molar-refractivity contribution in [2.75, 3.05) is 14.2 Å². The lowest BCUT2D eigenvalue weighted by molar-refractivity contribution is -0.742. The summed E-state index contributed by atoms with van der Waals surface area (Å²) in [6.07, 6.45) is 0. The SMILES string of the molecule is COC(=O)[C@]1(c2ccccc2)[NH2+][C@H](c2ccc(F)cc2)[C@@H]2C(=O)N(C)C(=O)[C@H]21. The van der Waals surface area contributed by atoms with Gasteiger partial charge in [0, 0.05) is 18.2 Å². The molecule has 0 radical (unpaired) electrons. The Morgan fingerprint density at radius 1 is 1.07 bits per heavy atom. The van der Waals surface area contributed by atoms with Crippen molar-refractivity contribution < 1.29 is 28.8 Å². The monoisotopic (exact) mass is 383 g/mol. The van der Waals surface area contributed by atoms with Crippen molar-refractivity contribution in [3.8, 4) is 0 Å². The number of carbonyl (C=O) groups is 3. The molecule has 0 aromatic heterocycles. The van der Waals surface area contributed by atoms with Gasteiger partial charge in [0.25, 0.3) is 0 Å². The van der Waals surface area contributed by atoms with Crippen LogP contribution in [-0.2, 0) is 24.7 Å². The third-order valence-corrected chi connectivity index (χ3v) is 5.92. The Kier molecular flexibility index (Phi) is 4.27. The minimum atomic E-state index is -1.39. The topological polar surface area (TPSA) is 80.3 Å². The molecule has 0 aliphatic carbocycles. The van der Waals surface area contributed by atoms with Gasteiger partial charge in [-0.25, -0.2) is 9.18 Å². The van der Waals surface area contributed by atoms with Gasteiger partial charge in [-0.05, 0) is 12.1 Å². The summed E-state index contributed by atoms with van der Waals surface area (Å²) >= 11 is 0. The highest BCUT2D eigenvalue weighted by Crippen LogP contribution is 2.48. The first-order valence-corrected chi connectivity index (χ1v) is 8.98. The van der Waals surface area contributed by atoms with Gasteiger partial charge in [-0.3, -0.25) is 14.5 Å². The van der Waals surface area contributed by atoms with Crippen molar-refractivity contribution in [3.05, 3.63) is 71.5 Å². The molecule has 2 amide bonds. The van der Waals surface area contributed by atoms with Crippen molar-refractivity contribution in [1.29, 1.82) is 0 Å². The van der Waals surface area contributed by atoms with Gasteiger partial charge in [0.1, 0.15) is 23.7 Å². The third kappa shape index (κ3) is 2.39. The Morgan fingerprint density at radius 2 is 1.71 bits per heavy atom. The van der Waals surface area contributed by atoms with Crippen LogP contribution in [0.4, 0.5) is 4.39 Å². The maximum atomic E-state index is 13.4. The van der Waals surface area contributed by atoms with Crippen LogP contribution in [0.5, 0.6) is 0 Å². The fraction of sp³-hybridized carbons (Fsp3) is 0.286. The summed E-state index contributed by atoms with van der Waals surface area (Å²) in [5, 5.41) is 1.74. The number of benzene rings is 2. The summed E-state index contributed by atoms with van der Waals surface area (Å²) in [7, 11) is 2.70. The number of hydrogen-bond donors (Lipinski definition) is 1. The van der Waals surface area contributed by atoms with E-state index in [1.165, 1.54) is 26.3 Å². The zero-order chi connectivity index (χ0) is 20.1. The molecule has 2 heterocycles. The van der Waals surface area contributed by atoms with Crippen molar-refractivity contribution in [2.45, 2.75) is 11.6 Å². The van der Waals surface area contributed by atoms with Gasteiger partial charge in [-0.15, -0.1) is 0 Å². The van der Waals surface area contributed by atoms with Gasteiger partial charge in [0.2, 0.25) is 17.4 Å². The van der Waals surface area contributed by atoms with Crippen LogP contribution in [0.3, 0.4) is 0 Å². The molecular weight excluding hydrogens is 363 g/mol. The summed E-state index contributed by atoms with van der Waals surface area (Å²) in [5.41, 5.74) is -0.121. The Labute approximate surface area is 161 Å². The van der Waals surface area contributed by atoms with Crippen LogP contribution < -0.4 is 5.32 Å². The number of likely N-dealkylation sites (tertiary alicyclic amines) is 1. The zero-order valence-electron chi connectivity index (χ0n) is 15.5. The molecule has 2 aromatic rings. The van der Waals surface area contributed by atoms with Crippen molar-refractivity contribution in [2.24, 2.45) is 11.8 Å². The van der Waals surface area contributed by atoms with Gasteiger partial charge in [0.05, 0.1) is 7.11 Å². The largest absolute Gasteiger partial charge is 0.464 e. The number of imide groups is 1. The zero-order valence-corrected chi connectivity index (χ0v) is 15.5. The van der Waals surface area contributed by atoms with Crippen LogP contribution in [0.15, 0.2) is 54.6 Å². The summed E-state index contributed by atoms with van der Waals surface area (Å²) < 4.78 is 18.5. The molecule has 2 aliphatic heterocycles. The molecule has 0 bridgehead atoms. The number of rotatable bonds is 3. The number of esters is 1. The van der Waals surface area contributed by atoms with E-state index in [0.29, 0.717) is 11.1 Å². The molecule has 144 valence electrons. The first-order valence-electron chi connectivity index (χ1n) is 8.98. The molecule has 0 unspecified atom stereocenters. The fourth-order valence-corrected chi connectivity index (χ4v) is 4.63. The Bertz CT molecular complexity index is 947. The molecular formula is C21H20FN2O4+. The number of amides is 2. The third-order valence-electron chi connectivity index (χ3n) is 5.92. The maximum absolute atomic E-state index is 13.4. The number of halogens is 1. The molecule has 4 rings (SSSR count). The van der Waals surface area contributed by atoms with Gasteiger partial charge >= 0.3 is 5.97 Å². The number of fused-ring (bicyclic) bond motifs is 1. The van der Waals surface area contributed by atoms with E-state index in [1.54, 1.807) is 41.7 Å². The number of quaternary nitrogens is 1. The predicted octanol–water partition coefficient (Wildman–Crippen LogP) is 0.743. The highest BCUT2D eigenvalue weighted by Gasteiger charge is 2.72. The van der Waals surface area contributed by atoms with Crippen LogP contribution in [0.2, 0.25) is 0 Å². The molecule has 4 atom stereocenters. The standard InChI is InChI=1S/C21H19FN2O4/c1-24-18(25)15-16(19(24)26)21(20(27)28-2,13-6-4-3-5-7-13)23-17(15)12-8-10-14(22)11-9-12/h3-11,15-17,23H,1-2H3/p+1/t15-,16+,17-,21-/m1/s1. The Morgan fingerprint density at radius 3 is 2.32 bits per heavy atom. The van der Waals surface area contributed by atoms with E-state index in [0.717, 1.165) is 4.90 Å². The number of carbonyl (C=O) groups excluding carboxylic acids is 3. The number of nitrogens with two attached hydrogens (primary N) is 1. The number of nitrogens with zero attached hydrogens (tertiary/aromatic N) is 1. The predicted molar refractivity (Wildman–Crippen MR) is 96.0 cm³/mol. The van der Waals surface area contributed by atoms with Crippen LogP contribution in [0, 0.1) is 17.7 Å². The lowest BCUT2D eigenvalue weighted by atomic mass is 9.75. The van der Waals surface area contributed by atoms with Crippen LogP contribution in [-0.4, -0.2) is 36.8 Å². The van der Waals surface area contributed by atoms with Crippen LogP contribution >= 0.6 is 0 Å². The molecule has 7 heteroatoms. The first kappa shape index (κ1) is 18.3. The van der Waals surface area contributed by atoms with E-state index >= 15 is 0 Å². The summed E-state index contributed by atoms with van der Waals surface area (Å²) in [6.45, 7) is 0. The normalized spacial score (nSPS) is 29.1. The van der Waals surface area contributed by atoms with Gasteiger partial charge < -0.3 is 10.1 Å². The average Bonchev–Trinajstić information content (AvgIpc) is 3.19. The summed E-state index contributed by atoms with van der Waals surface area (Å²) in [4.78, 5) is 40.1. The van der Waals surface area contributed by atoms with E-state index in [9.17, 15) is 18.8 Å². The number of hydrogen-bond acceptors (Lipinski definition) is 4. The highest BCUT2D eigenvalue weighted by molar-refractivity contribution is 6.08. The second kappa shape index (κ2) is 6.53. The van der Waals surface area contributed by atoms with Gasteiger partial charge in [0.15, 0.2) is 0 Å². The van der Waals surface area contributed by atoms with Crippen molar-refractivity contribution in [3.63, 3.8) is 0 Å². The van der Waals surface area contributed by atoms with E-state index in [-0.39, 0.29) is 5.91 Å². The van der Waals surface area contributed by atoms with E-state index in [4.69, 9.17) is 4.74 Å². The summed E-state index contributed by atoms with van der Waals surface area (Å²) in [5.74, 6) is -3.40. The van der Waals surface area contributed by atoms with E-state index in [1.807, 2.05) is 6.07 Å². The minimum Gasteiger partial charge on any atom is -0.464 e. The summed E-state index contributed by atoms with van der Waals surface area (Å²) in [6, 6.07) is 14.1. The molecule has 2 aliphatic rings. The first-order chi connectivity index (χ1) is 13.4. The van der Waals surface area contributed by atoms with Crippen molar-refractivity contribution in [1.82, 2.24) is 4.90 Å². The molecule has 0 saturated carbocycles. The van der Waals surface area contributed by atoms with Gasteiger partial charge in [-0.2, -0.15) is 0 Å². The van der Waals surface area contributed by atoms with E-state index in [2.05, 4.69) is 0 Å². The number of methoxy groups -OCH3 is 1. The fourth-order valence-electron chi connectivity index (χ4n) is 4.63. The smallest absolute Gasteiger partial charge is 0.373 e. The average molecular weight is 383 g/mol. The maximum Gasteiger partial charge on any atom is 0.373 e. The molecule has 0 spiro atoms. The quantitative estimate of drug-likeness (QED) is 0.626. The minimum absolute atomic E-state index is 0.345. The Balaban J connectivity index is 1.94. The molecule has 2 N–H and O–H groups in total. The Hall–Kier alpha value is -3.06. The lowest BCUT2D eigenvalue weighted by Gasteiger charge is -2.29. The molecule has 2 fully saturated rings. The molecule has 6 nitrogen and oxygen atoms in total. The van der Waals surface area contributed by atoms with Gasteiger partial charge in [-0.1, -0.05) is 42.5 Å². The molecule has 28 heavy (non-hydrogen) atoms. The number of ether oxygens (including phenoxy) is 1. The van der Waals surface area contributed by atoms with E-state index < -0.39 is 41.1 Å². The molecule has 2 saturated heterocycles.